The number of halogens is 1. The van der Waals surface area contributed by atoms with E-state index in [0.29, 0.717) is 30.9 Å². The molecule has 0 aliphatic carbocycles. The van der Waals surface area contributed by atoms with Gasteiger partial charge in [0.05, 0.1) is 11.1 Å². The Morgan fingerprint density at radius 1 is 1.00 bits per heavy atom. The molecule has 0 unspecified atom stereocenters. The maximum absolute atomic E-state index is 13.8. The van der Waals surface area contributed by atoms with Gasteiger partial charge in [-0.1, -0.05) is 49.7 Å². The first-order chi connectivity index (χ1) is 22.1. The van der Waals surface area contributed by atoms with Gasteiger partial charge in [0.2, 0.25) is 23.7 Å². The highest BCUT2D eigenvalue weighted by molar-refractivity contribution is 6.32. The lowest BCUT2D eigenvalue weighted by molar-refractivity contribution is -0.133. The fourth-order valence-electron chi connectivity index (χ4n) is 5.05. The Balaban J connectivity index is 1.61. The van der Waals surface area contributed by atoms with E-state index in [-0.39, 0.29) is 48.2 Å². The largest absolute Gasteiger partial charge is 0.506 e. The first-order valence-electron chi connectivity index (χ1n) is 15.4. The van der Waals surface area contributed by atoms with Crippen molar-refractivity contribution >= 4 is 35.3 Å². The van der Waals surface area contributed by atoms with Gasteiger partial charge in [-0.25, -0.2) is 9.97 Å². The number of nitrogens with one attached hydrogen (secondary N) is 5. The number of aromatic hydroxyl groups is 1. The van der Waals surface area contributed by atoms with Crippen LogP contribution in [0.15, 0.2) is 60.9 Å². The van der Waals surface area contributed by atoms with Gasteiger partial charge < -0.3 is 31.1 Å². The number of phenolic OH excluding ortho intramolecular Hbond substituents is 1. The minimum absolute atomic E-state index is 0.0281. The molecule has 0 spiro atoms. The summed E-state index contributed by atoms with van der Waals surface area (Å²) in [5, 5.41) is 25.1. The number of fused-ring (bicyclic) bond motifs is 1. The van der Waals surface area contributed by atoms with Crippen LogP contribution in [0.5, 0.6) is 11.5 Å². The Morgan fingerprint density at radius 3 is 2.50 bits per heavy atom. The molecule has 1 aliphatic rings. The molecule has 0 saturated carbocycles. The fourth-order valence-corrected chi connectivity index (χ4v) is 5.26. The smallest absolute Gasteiger partial charge is 0.244 e. The number of carbonyl (C=O) groups is 3. The summed E-state index contributed by atoms with van der Waals surface area (Å²) in [5.41, 5.74) is 1.71. The summed E-state index contributed by atoms with van der Waals surface area (Å²) < 4.78 is 6.18. The third kappa shape index (κ3) is 10.0. The highest BCUT2D eigenvalue weighted by atomic mass is 35.5. The Hall–Kier alpha value is -4.42. The minimum atomic E-state index is -0.975. The van der Waals surface area contributed by atoms with Gasteiger partial charge >= 0.3 is 0 Å². The van der Waals surface area contributed by atoms with Crippen LogP contribution in [-0.2, 0) is 27.2 Å². The molecule has 2 heterocycles. The molecule has 12 nitrogen and oxygen atoms in total. The topological polar surface area (TPSA) is 167 Å². The Morgan fingerprint density at radius 2 is 1.76 bits per heavy atom. The molecule has 1 aromatic heterocycles. The van der Waals surface area contributed by atoms with Crippen LogP contribution in [0.25, 0.3) is 0 Å². The van der Waals surface area contributed by atoms with Crippen molar-refractivity contribution < 1.29 is 24.2 Å². The second-order valence-corrected chi connectivity index (χ2v) is 12.1. The molecule has 3 amide bonds. The quantitative estimate of drug-likeness (QED) is 0.235. The Bertz CT molecular complexity index is 1480. The van der Waals surface area contributed by atoms with Crippen LogP contribution in [0, 0.1) is 5.92 Å². The molecular weight excluding hydrogens is 610 g/mol. The molecule has 13 heteroatoms. The number of carbonyl (C=O) groups excluding carboxylic acids is 3. The van der Waals surface area contributed by atoms with Crippen LogP contribution in [0.3, 0.4) is 0 Å². The number of anilines is 1. The average molecular weight is 652 g/mol. The number of ether oxygens (including phenoxy) is 1. The standard InChI is InChI=1S/C33H42ClN7O5/c1-20(2)29-32(45)40-26(18-38-33-36-14-7-15-37-33)30(43)35-13-6-9-23-8-4-5-10-28(23)46-19-21(3)39-25(31(44)41-29)17-22-11-12-27(42)24(34)16-22/h4-5,7-8,10-12,14-16,20-21,25-26,29,39,42H,6,9,13,17-19H2,1-3H3,(H,35,43)(H,40,45)(H,41,44)(H,36,37,38)/t21-,25+,26-,29+/m0/s1. The van der Waals surface area contributed by atoms with Crippen molar-refractivity contribution in [2.75, 3.05) is 25.0 Å². The van der Waals surface area contributed by atoms with E-state index in [1.54, 1.807) is 30.6 Å². The van der Waals surface area contributed by atoms with Crippen molar-refractivity contribution in [3.05, 3.63) is 77.1 Å². The molecule has 0 fully saturated rings. The van der Waals surface area contributed by atoms with E-state index < -0.39 is 29.9 Å². The van der Waals surface area contributed by atoms with E-state index in [1.165, 1.54) is 6.07 Å². The van der Waals surface area contributed by atoms with Gasteiger partial charge in [0.15, 0.2) is 0 Å². The third-order valence-electron chi connectivity index (χ3n) is 7.55. The van der Waals surface area contributed by atoms with Crippen molar-refractivity contribution in [1.82, 2.24) is 31.2 Å². The van der Waals surface area contributed by atoms with Gasteiger partial charge in [0.25, 0.3) is 0 Å². The lowest BCUT2D eigenvalue weighted by Crippen LogP contribution is -2.60. The van der Waals surface area contributed by atoms with Crippen molar-refractivity contribution in [2.24, 2.45) is 5.92 Å². The number of amides is 3. The first-order valence-corrected chi connectivity index (χ1v) is 15.8. The van der Waals surface area contributed by atoms with E-state index in [4.69, 9.17) is 16.3 Å². The van der Waals surface area contributed by atoms with Crippen LogP contribution in [0.4, 0.5) is 5.95 Å². The molecular formula is C33H42ClN7O5. The fraction of sp³-hybridized carbons (Fsp3) is 0.424. The van der Waals surface area contributed by atoms with Crippen LogP contribution in [-0.4, -0.2) is 76.7 Å². The molecule has 46 heavy (non-hydrogen) atoms. The number of benzene rings is 2. The lowest BCUT2D eigenvalue weighted by atomic mass is 10.00. The van der Waals surface area contributed by atoms with E-state index in [9.17, 15) is 19.5 Å². The molecule has 3 aromatic rings. The van der Waals surface area contributed by atoms with Crippen molar-refractivity contribution in [1.29, 1.82) is 0 Å². The highest BCUT2D eigenvalue weighted by Crippen LogP contribution is 2.24. The van der Waals surface area contributed by atoms with Crippen molar-refractivity contribution in [3.63, 3.8) is 0 Å². The molecule has 0 radical (unpaired) electrons. The number of rotatable bonds is 6. The van der Waals surface area contributed by atoms with E-state index in [1.807, 2.05) is 45.0 Å². The van der Waals surface area contributed by atoms with Crippen LogP contribution in [0.1, 0.15) is 38.3 Å². The Kier molecular flexibility index (Phi) is 12.6. The van der Waals surface area contributed by atoms with Crippen LogP contribution in [0.2, 0.25) is 5.02 Å². The number of hydrogen-bond acceptors (Lipinski definition) is 9. The van der Waals surface area contributed by atoms with Crippen molar-refractivity contribution in [2.45, 2.75) is 64.2 Å². The number of para-hydroxylation sites is 1. The SMILES string of the molecule is CC(C)[C@H]1NC(=O)[C@@H](Cc2ccc(O)c(Cl)c2)N[C@@H](C)COc2ccccc2CCCNC(=O)[C@H](CNc2ncccn2)NC1=O. The normalized spacial score (nSPS) is 21.9. The zero-order chi connectivity index (χ0) is 33.1. The summed E-state index contributed by atoms with van der Waals surface area (Å²) in [4.78, 5) is 49.1. The summed E-state index contributed by atoms with van der Waals surface area (Å²) in [6, 6.07) is 11.2. The van der Waals surface area contributed by atoms with Gasteiger partial charge in [0.1, 0.15) is 30.2 Å². The van der Waals surface area contributed by atoms with Crippen LogP contribution < -0.4 is 31.3 Å². The number of aromatic nitrogens is 2. The van der Waals surface area contributed by atoms with E-state index in [0.717, 1.165) is 11.3 Å². The van der Waals surface area contributed by atoms with E-state index >= 15 is 0 Å². The van der Waals surface area contributed by atoms with Gasteiger partial charge in [-0.3, -0.25) is 19.7 Å². The maximum Gasteiger partial charge on any atom is 0.244 e. The summed E-state index contributed by atoms with van der Waals surface area (Å²) in [6.45, 7) is 6.24. The molecule has 246 valence electrons. The molecule has 4 atom stereocenters. The zero-order valence-corrected chi connectivity index (χ0v) is 27.0. The average Bonchev–Trinajstić information content (AvgIpc) is 3.04. The van der Waals surface area contributed by atoms with Gasteiger partial charge in [-0.05, 0) is 67.5 Å². The number of hydrogen-bond donors (Lipinski definition) is 6. The number of nitrogens with zero attached hydrogens (tertiary/aromatic N) is 2. The third-order valence-corrected chi connectivity index (χ3v) is 7.85. The summed E-state index contributed by atoms with van der Waals surface area (Å²) in [7, 11) is 0. The molecule has 1 aliphatic heterocycles. The van der Waals surface area contributed by atoms with Crippen molar-refractivity contribution in [3.8, 4) is 11.5 Å². The van der Waals surface area contributed by atoms with Gasteiger partial charge in [0, 0.05) is 31.5 Å². The molecule has 4 rings (SSSR count). The molecule has 2 aromatic carbocycles. The molecule has 6 N–H and O–H groups in total. The van der Waals surface area contributed by atoms with Gasteiger partial charge in [-0.15, -0.1) is 0 Å². The molecule has 0 saturated heterocycles. The monoisotopic (exact) mass is 651 g/mol. The summed E-state index contributed by atoms with van der Waals surface area (Å²) in [5.74, 6) is -0.617. The van der Waals surface area contributed by atoms with Gasteiger partial charge in [-0.2, -0.15) is 0 Å². The Labute approximate surface area is 274 Å². The zero-order valence-electron chi connectivity index (χ0n) is 26.3. The second-order valence-electron chi connectivity index (χ2n) is 11.7. The first kappa shape index (κ1) is 34.5. The number of aryl methyl sites for hydroxylation is 1. The minimum Gasteiger partial charge on any atom is -0.506 e. The lowest BCUT2D eigenvalue weighted by Gasteiger charge is -2.29. The van der Waals surface area contributed by atoms with Crippen LogP contribution >= 0.6 is 11.6 Å². The van der Waals surface area contributed by atoms with E-state index in [2.05, 4.69) is 36.6 Å². The number of phenols is 1. The maximum atomic E-state index is 13.8. The highest BCUT2D eigenvalue weighted by Gasteiger charge is 2.32. The second kappa shape index (κ2) is 16.8. The summed E-state index contributed by atoms with van der Waals surface area (Å²) >= 11 is 6.16. The molecule has 0 bridgehead atoms. The summed E-state index contributed by atoms with van der Waals surface area (Å²) in [6.07, 6.45) is 4.68. The predicted octanol–water partition coefficient (Wildman–Crippen LogP) is 2.60. The predicted molar refractivity (Wildman–Crippen MR) is 176 cm³/mol.